The average molecular weight is 387 g/mol. The van der Waals surface area contributed by atoms with Crippen molar-refractivity contribution in [2.45, 2.75) is 19.9 Å². The molecule has 26 heavy (non-hydrogen) atoms. The van der Waals surface area contributed by atoms with Gasteiger partial charge in [-0.3, -0.25) is 0 Å². The normalized spacial score (nSPS) is 11.3. The van der Waals surface area contributed by atoms with Gasteiger partial charge in [0.05, 0.1) is 11.9 Å². The number of fused-ring (bicyclic) bond motifs is 1. The molecule has 0 unspecified atom stereocenters. The Morgan fingerprint density at radius 2 is 2.04 bits per heavy atom. The van der Waals surface area contributed by atoms with Crippen LogP contribution in [0.3, 0.4) is 0 Å². The van der Waals surface area contributed by atoms with Gasteiger partial charge in [0.25, 0.3) is 0 Å². The molecule has 134 valence electrons. The highest BCUT2D eigenvalue weighted by Crippen LogP contribution is 2.26. The molecule has 0 radical (unpaired) electrons. The molecule has 0 saturated heterocycles. The van der Waals surface area contributed by atoms with Gasteiger partial charge in [-0.1, -0.05) is 35.1 Å². The molecule has 0 aliphatic rings. The zero-order valence-corrected chi connectivity index (χ0v) is 16.2. The number of aryl methyl sites for hydroxylation is 2. The molecule has 6 nitrogen and oxygen atoms in total. The van der Waals surface area contributed by atoms with Crippen LogP contribution >= 0.6 is 22.9 Å². The predicted octanol–water partition coefficient (Wildman–Crippen LogP) is 4.14. The van der Waals surface area contributed by atoms with E-state index in [-0.39, 0.29) is 0 Å². The van der Waals surface area contributed by atoms with Crippen molar-refractivity contribution in [2.75, 3.05) is 18.5 Å². The molecule has 0 atom stereocenters. The molecule has 1 aromatic carbocycles. The Balaban J connectivity index is 1.43. The van der Waals surface area contributed by atoms with Crippen LogP contribution in [0.25, 0.3) is 16.2 Å². The van der Waals surface area contributed by atoms with Crippen LogP contribution < -0.4 is 4.90 Å². The fourth-order valence-electron chi connectivity index (χ4n) is 2.82. The highest BCUT2D eigenvalue weighted by molar-refractivity contribution is 7.20. The molecule has 0 aliphatic carbocycles. The molecule has 0 amide bonds. The van der Waals surface area contributed by atoms with Crippen LogP contribution in [-0.2, 0) is 6.54 Å². The first-order valence-corrected chi connectivity index (χ1v) is 9.60. The van der Waals surface area contributed by atoms with Crippen molar-refractivity contribution in [1.82, 2.24) is 24.1 Å². The maximum atomic E-state index is 5.95. The van der Waals surface area contributed by atoms with Crippen molar-refractivity contribution in [1.29, 1.82) is 0 Å². The van der Waals surface area contributed by atoms with E-state index in [2.05, 4.69) is 31.6 Å². The van der Waals surface area contributed by atoms with E-state index in [0.717, 1.165) is 51.7 Å². The standard InChI is InChI=1S/C18H19ClN6S/c1-13-20-8-11-24(13)10-3-9-23(2)18-22-25-12-16(21-17(25)26-18)14-4-6-15(19)7-5-14/h4-8,11-12H,3,9-10H2,1-2H3. The highest BCUT2D eigenvalue weighted by Gasteiger charge is 2.12. The van der Waals surface area contributed by atoms with Gasteiger partial charge in [-0.05, 0) is 25.5 Å². The van der Waals surface area contributed by atoms with E-state index in [1.54, 1.807) is 11.3 Å². The molecular formula is C18H19ClN6S. The third-order valence-electron chi connectivity index (χ3n) is 4.32. The van der Waals surface area contributed by atoms with Gasteiger partial charge < -0.3 is 9.47 Å². The third-order valence-corrected chi connectivity index (χ3v) is 5.60. The first-order chi connectivity index (χ1) is 12.6. The Labute approximate surface area is 160 Å². The van der Waals surface area contributed by atoms with Gasteiger partial charge in [0, 0.05) is 43.1 Å². The minimum absolute atomic E-state index is 0.725. The number of rotatable bonds is 6. The molecule has 0 aliphatic heterocycles. The van der Waals surface area contributed by atoms with Gasteiger partial charge in [-0.15, -0.1) is 5.10 Å². The summed E-state index contributed by atoms with van der Waals surface area (Å²) in [4.78, 5) is 12.0. The fourth-order valence-corrected chi connectivity index (χ4v) is 3.81. The molecule has 8 heteroatoms. The number of benzene rings is 1. The molecule has 0 spiro atoms. The summed E-state index contributed by atoms with van der Waals surface area (Å²) in [5.74, 6) is 1.05. The van der Waals surface area contributed by atoms with Gasteiger partial charge >= 0.3 is 0 Å². The lowest BCUT2D eigenvalue weighted by Gasteiger charge is -2.15. The molecule has 4 rings (SSSR count). The Bertz CT molecular complexity index is 985. The maximum absolute atomic E-state index is 5.95. The van der Waals surface area contributed by atoms with E-state index >= 15 is 0 Å². The molecule has 0 N–H and O–H groups in total. The summed E-state index contributed by atoms with van der Waals surface area (Å²) in [6.07, 6.45) is 6.85. The number of halogens is 1. The SMILES string of the molecule is Cc1nccn1CCCN(C)c1nn2cc(-c3ccc(Cl)cc3)nc2s1. The number of aromatic nitrogens is 5. The van der Waals surface area contributed by atoms with Gasteiger partial charge in [-0.2, -0.15) is 0 Å². The quantitative estimate of drug-likeness (QED) is 0.499. The smallest absolute Gasteiger partial charge is 0.214 e. The Hall–Kier alpha value is -2.38. The minimum atomic E-state index is 0.725. The van der Waals surface area contributed by atoms with E-state index in [1.807, 2.05) is 54.3 Å². The first kappa shape index (κ1) is 17.1. The number of imidazole rings is 2. The van der Waals surface area contributed by atoms with Crippen LogP contribution in [0.1, 0.15) is 12.2 Å². The van der Waals surface area contributed by atoms with Crippen molar-refractivity contribution in [2.24, 2.45) is 0 Å². The maximum Gasteiger partial charge on any atom is 0.214 e. The van der Waals surface area contributed by atoms with E-state index in [0.29, 0.717) is 0 Å². The summed E-state index contributed by atoms with van der Waals surface area (Å²) in [6.45, 7) is 3.91. The molecule has 3 aromatic heterocycles. The van der Waals surface area contributed by atoms with Gasteiger partial charge in [0.15, 0.2) is 0 Å². The number of hydrogen-bond acceptors (Lipinski definition) is 5. The monoisotopic (exact) mass is 386 g/mol. The van der Waals surface area contributed by atoms with Crippen LogP contribution in [-0.4, -0.2) is 37.7 Å². The van der Waals surface area contributed by atoms with E-state index in [1.165, 1.54) is 0 Å². The topological polar surface area (TPSA) is 51.2 Å². The zero-order chi connectivity index (χ0) is 18.1. The lowest BCUT2D eigenvalue weighted by molar-refractivity contribution is 0.621. The van der Waals surface area contributed by atoms with Gasteiger partial charge in [0.1, 0.15) is 5.82 Å². The lowest BCUT2D eigenvalue weighted by Crippen LogP contribution is -2.20. The van der Waals surface area contributed by atoms with E-state index in [9.17, 15) is 0 Å². The van der Waals surface area contributed by atoms with Crippen molar-refractivity contribution in [3.8, 4) is 11.3 Å². The number of nitrogens with zero attached hydrogens (tertiary/aromatic N) is 6. The van der Waals surface area contributed by atoms with Crippen LogP contribution in [0, 0.1) is 6.92 Å². The molecule has 4 aromatic rings. The number of hydrogen-bond donors (Lipinski definition) is 0. The number of anilines is 1. The summed E-state index contributed by atoms with van der Waals surface area (Å²) in [6, 6.07) is 7.69. The molecule has 0 bridgehead atoms. The second kappa shape index (κ2) is 7.09. The fraction of sp³-hybridized carbons (Fsp3) is 0.278. The van der Waals surface area contributed by atoms with Crippen LogP contribution in [0.15, 0.2) is 42.9 Å². The van der Waals surface area contributed by atoms with Crippen molar-refractivity contribution < 1.29 is 0 Å². The van der Waals surface area contributed by atoms with Gasteiger partial charge in [0.2, 0.25) is 10.1 Å². The van der Waals surface area contributed by atoms with Crippen molar-refractivity contribution in [3.05, 3.63) is 53.7 Å². The van der Waals surface area contributed by atoms with Crippen LogP contribution in [0.5, 0.6) is 0 Å². The molecule has 3 heterocycles. The summed E-state index contributed by atoms with van der Waals surface area (Å²) >= 11 is 7.55. The summed E-state index contributed by atoms with van der Waals surface area (Å²) < 4.78 is 4.02. The second-order valence-corrected chi connectivity index (χ2v) is 7.56. The van der Waals surface area contributed by atoms with Crippen LogP contribution in [0.2, 0.25) is 5.02 Å². The Kier molecular flexibility index (Phi) is 4.65. The second-order valence-electron chi connectivity index (χ2n) is 6.19. The van der Waals surface area contributed by atoms with Crippen LogP contribution in [0.4, 0.5) is 5.13 Å². The molecular weight excluding hydrogens is 368 g/mol. The zero-order valence-electron chi connectivity index (χ0n) is 14.6. The lowest BCUT2D eigenvalue weighted by atomic mass is 10.2. The summed E-state index contributed by atoms with van der Waals surface area (Å²) in [5.41, 5.74) is 1.95. The molecule has 0 saturated carbocycles. The van der Waals surface area contributed by atoms with Crippen molar-refractivity contribution in [3.63, 3.8) is 0 Å². The van der Waals surface area contributed by atoms with E-state index in [4.69, 9.17) is 11.6 Å². The molecule has 0 fully saturated rings. The summed E-state index contributed by atoms with van der Waals surface area (Å²) in [7, 11) is 2.07. The predicted molar refractivity (Wildman–Crippen MR) is 106 cm³/mol. The Morgan fingerprint density at radius 1 is 1.23 bits per heavy atom. The third kappa shape index (κ3) is 3.45. The summed E-state index contributed by atoms with van der Waals surface area (Å²) in [5, 5.41) is 6.36. The largest absolute Gasteiger partial charge is 0.350 e. The highest BCUT2D eigenvalue weighted by atomic mass is 35.5. The average Bonchev–Trinajstić information content (AvgIpc) is 3.30. The first-order valence-electron chi connectivity index (χ1n) is 8.41. The van der Waals surface area contributed by atoms with Gasteiger partial charge in [-0.25, -0.2) is 14.5 Å². The van der Waals surface area contributed by atoms with E-state index < -0.39 is 0 Å². The minimum Gasteiger partial charge on any atom is -0.350 e. The van der Waals surface area contributed by atoms with Crippen molar-refractivity contribution >= 4 is 33.0 Å². The Morgan fingerprint density at radius 3 is 2.73 bits per heavy atom.